The van der Waals surface area contributed by atoms with Gasteiger partial charge < -0.3 is 0 Å². The molecule has 2 nitrogen and oxygen atoms in total. The number of alkyl halides is 1. The summed E-state index contributed by atoms with van der Waals surface area (Å²) in [6.45, 7) is 2.05. The minimum Gasteiger partial charge on any atom is -0.278 e. The van der Waals surface area contributed by atoms with E-state index in [2.05, 4.69) is 29.3 Å². The highest BCUT2D eigenvalue weighted by Gasteiger charge is 2.00. The Morgan fingerprint density at radius 3 is 3.08 bits per heavy atom. The quantitative estimate of drug-likeness (QED) is 0.672. The van der Waals surface area contributed by atoms with Crippen molar-refractivity contribution < 1.29 is 0 Å². The Kier molecular flexibility index (Phi) is 1.77. The zero-order valence-corrected chi connectivity index (χ0v) is 7.52. The van der Waals surface area contributed by atoms with E-state index in [1.807, 2.05) is 6.20 Å². The lowest BCUT2D eigenvalue weighted by Gasteiger charge is -1.98. The van der Waals surface area contributed by atoms with Gasteiger partial charge in [-0.2, -0.15) is 5.10 Å². The molecule has 12 heavy (non-hydrogen) atoms. The molecule has 1 aromatic carbocycles. The molecule has 0 unspecified atom stereocenters. The van der Waals surface area contributed by atoms with Gasteiger partial charge in [0.2, 0.25) is 0 Å². The summed E-state index contributed by atoms with van der Waals surface area (Å²) in [5.74, 6) is 0.558. The van der Waals surface area contributed by atoms with Crippen LogP contribution >= 0.6 is 11.6 Å². The highest BCUT2D eigenvalue weighted by molar-refractivity contribution is 6.17. The molecule has 0 aliphatic rings. The van der Waals surface area contributed by atoms with Gasteiger partial charge in [0.15, 0.2) is 0 Å². The number of aryl methyl sites for hydroxylation is 1. The first-order valence-corrected chi connectivity index (χ1v) is 4.33. The Morgan fingerprint density at radius 1 is 1.50 bits per heavy atom. The maximum absolute atomic E-state index is 5.74. The van der Waals surface area contributed by atoms with Crippen LogP contribution in [0.25, 0.3) is 10.9 Å². The predicted octanol–water partition coefficient (Wildman–Crippen LogP) is 2.61. The molecule has 0 fully saturated rings. The molecule has 2 rings (SSSR count). The molecule has 0 atom stereocenters. The topological polar surface area (TPSA) is 28.7 Å². The second-order valence-electron chi connectivity index (χ2n) is 2.88. The van der Waals surface area contributed by atoms with Crippen LogP contribution in [0, 0.1) is 6.92 Å². The van der Waals surface area contributed by atoms with Gasteiger partial charge in [0.25, 0.3) is 0 Å². The van der Waals surface area contributed by atoms with Crippen LogP contribution in [0.1, 0.15) is 11.1 Å². The maximum atomic E-state index is 5.74. The standard InChI is InChI=1S/C9H9ClN2/c1-6-2-7(4-10)3-8-5-11-12-9(6)8/h2-3,5H,4H2,1H3,(H,11,12). The predicted molar refractivity (Wildman–Crippen MR) is 50.4 cm³/mol. The van der Waals surface area contributed by atoms with E-state index in [9.17, 15) is 0 Å². The number of H-pyrrole nitrogens is 1. The summed E-state index contributed by atoms with van der Waals surface area (Å²) >= 11 is 5.74. The second-order valence-corrected chi connectivity index (χ2v) is 3.15. The number of fused-ring (bicyclic) bond motifs is 1. The average Bonchev–Trinajstić information content (AvgIpc) is 2.52. The Hall–Kier alpha value is -1.02. The van der Waals surface area contributed by atoms with E-state index >= 15 is 0 Å². The van der Waals surface area contributed by atoms with Crippen LogP contribution in [0.5, 0.6) is 0 Å². The van der Waals surface area contributed by atoms with Crippen molar-refractivity contribution in [2.45, 2.75) is 12.8 Å². The van der Waals surface area contributed by atoms with Gasteiger partial charge in [0, 0.05) is 11.3 Å². The summed E-state index contributed by atoms with van der Waals surface area (Å²) in [4.78, 5) is 0. The van der Waals surface area contributed by atoms with E-state index in [4.69, 9.17) is 11.6 Å². The highest BCUT2D eigenvalue weighted by atomic mass is 35.5. The summed E-state index contributed by atoms with van der Waals surface area (Å²) in [6.07, 6.45) is 1.82. The van der Waals surface area contributed by atoms with E-state index in [1.165, 1.54) is 5.56 Å². The largest absolute Gasteiger partial charge is 0.278 e. The molecule has 3 heteroatoms. The normalized spacial score (nSPS) is 10.8. The number of aromatic amines is 1. The zero-order valence-electron chi connectivity index (χ0n) is 6.76. The molecule has 1 heterocycles. The van der Waals surface area contributed by atoms with Crippen LogP contribution < -0.4 is 0 Å². The summed E-state index contributed by atoms with van der Waals surface area (Å²) in [6, 6.07) is 4.13. The Bertz CT molecular complexity index is 406. The third-order valence-electron chi connectivity index (χ3n) is 1.96. The second kappa shape index (κ2) is 2.79. The number of rotatable bonds is 1. The SMILES string of the molecule is Cc1cc(CCl)cc2cn[nH]c12. The highest BCUT2D eigenvalue weighted by Crippen LogP contribution is 2.18. The molecular weight excluding hydrogens is 172 g/mol. The molecule has 0 spiro atoms. The first-order valence-electron chi connectivity index (χ1n) is 3.80. The molecule has 0 amide bonds. The van der Waals surface area contributed by atoms with Crippen molar-refractivity contribution in [2.75, 3.05) is 0 Å². The number of aromatic nitrogens is 2. The van der Waals surface area contributed by atoms with Gasteiger partial charge in [-0.1, -0.05) is 6.07 Å². The lowest BCUT2D eigenvalue weighted by atomic mass is 10.1. The molecule has 1 aromatic heterocycles. The molecule has 0 bridgehead atoms. The average molecular weight is 181 g/mol. The molecule has 0 saturated heterocycles. The minimum absolute atomic E-state index is 0.558. The van der Waals surface area contributed by atoms with Crippen molar-refractivity contribution in [3.63, 3.8) is 0 Å². The number of benzene rings is 1. The van der Waals surface area contributed by atoms with Crippen molar-refractivity contribution in [2.24, 2.45) is 0 Å². The fourth-order valence-corrected chi connectivity index (χ4v) is 1.54. The van der Waals surface area contributed by atoms with Crippen molar-refractivity contribution in [1.29, 1.82) is 0 Å². The maximum Gasteiger partial charge on any atom is 0.0679 e. The molecule has 0 saturated carbocycles. The molecule has 0 aliphatic heterocycles. The molecule has 1 N–H and O–H groups in total. The van der Waals surface area contributed by atoms with Crippen LogP contribution in [0.2, 0.25) is 0 Å². The zero-order chi connectivity index (χ0) is 8.55. The smallest absolute Gasteiger partial charge is 0.0679 e. The lowest BCUT2D eigenvalue weighted by Crippen LogP contribution is -1.82. The third-order valence-corrected chi connectivity index (χ3v) is 2.27. The first-order chi connectivity index (χ1) is 5.81. The van der Waals surface area contributed by atoms with E-state index in [1.54, 1.807) is 0 Å². The molecule has 62 valence electrons. The van der Waals surface area contributed by atoms with Crippen molar-refractivity contribution in [1.82, 2.24) is 10.2 Å². The monoisotopic (exact) mass is 180 g/mol. The summed E-state index contributed by atoms with van der Waals surface area (Å²) in [7, 11) is 0. The van der Waals surface area contributed by atoms with Gasteiger partial charge in [-0.25, -0.2) is 0 Å². The Morgan fingerprint density at radius 2 is 2.33 bits per heavy atom. The fourth-order valence-electron chi connectivity index (χ4n) is 1.39. The van der Waals surface area contributed by atoms with Crippen molar-refractivity contribution in [3.05, 3.63) is 29.5 Å². The van der Waals surface area contributed by atoms with E-state index < -0.39 is 0 Å². The van der Waals surface area contributed by atoms with Crippen LogP contribution in [0.3, 0.4) is 0 Å². The van der Waals surface area contributed by atoms with E-state index in [0.29, 0.717) is 5.88 Å². The van der Waals surface area contributed by atoms with Crippen LogP contribution in [0.15, 0.2) is 18.3 Å². The minimum atomic E-state index is 0.558. The molecule has 2 aromatic rings. The van der Waals surface area contributed by atoms with Crippen LogP contribution in [0.4, 0.5) is 0 Å². The van der Waals surface area contributed by atoms with Crippen molar-refractivity contribution >= 4 is 22.5 Å². The number of hydrogen-bond acceptors (Lipinski definition) is 1. The number of halogens is 1. The fraction of sp³-hybridized carbons (Fsp3) is 0.222. The van der Waals surface area contributed by atoms with Gasteiger partial charge in [-0.3, -0.25) is 5.10 Å². The number of nitrogens with zero attached hydrogens (tertiary/aromatic N) is 1. The Labute approximate surface area is 75.5 Å². The van der Waals surface area contributed by atoms with Crippen molar-refractivity contribution in [3.8, 4) is 0 Å². The van der Waals surface area contributed by atoms with Gasteiger partial charge >= 0.3 is 0 Å². The summed E-state index contributed by atoms with van der Waals surface area (Å²) in [5, 5.41) is 8.05. The summed E-state index contributed by atoms with van der Waals surface area (Å²) in [5.41, 5.74) is 3.44. The number of nitrogens with one attached hydrogen (secondary N) is 1. The summed E-state index contributed by atoms with van der Waals surface area (Å²) < 4.78 is 0. The van der Waals surface area contributed by atoms with Crippen LogP contribution in [-0.2, 0) is 5.88 Å². The lowest BCUT2D eigenvalue weighted by molar-refractivity contribution is 1.11. The van der Waals surface area contributed by atoms with E-state index in [-0.39, 0.29) is 0 Å². The van der Waals surface area contributed by atoms with Gasteiger partial charge in [-0.15, -0.1) is 11.6 Å². The van der Waals surface area contributed by atoms with Gasteiger partial charge in [0.05, 0.1) is 11.7 Å². The van der Waals surface area contributed by atoms with Gasteiger partial charge in [-0.05, 0) is 24.1 Å². The molecule has 0 aliphatic carbocycles. The number of hydrogen-bond donors (Lipinski definition) is 1. The molecular formula is C9H9ClN2. The Balaban J connectivity index is 2.75. The molecule has 0 radical (unpaired) electrons. The van der Waals surface area contributed by atoms with Gasteiger partial charge in [0.1, 0.15) is 0 Å². The third kappa shape index (κ3) is 1.08. The first kappa shape index (κ1) is 7.62. The van der Waals surface area contributed by atoms with E-state index in [0.717, 1.165) is 16.5 Å². The van der Waals surface area contributed by atoms with Crippen LogP contribution in [-0.4, -0.2) is 10.2 Å².